The van der Waals surface area contributed by atoms with Crippen LogP contribution in [0.5, 0.6) is 5.75 Å². The Labute approximate surface area is 142 Å². The number of rotatable bonds is 5. The normalized spacial score (nSPS) is 10.5. The number of hydrogen-bond donors (Lipinski definition) is 0. The van der Waals surface area contributed by atoms with Crippen LogP contribution >= 0.6 is 15.9 Å². The van der Waals surface area contributed by atoms with Crippen LogP contribution in [0, 0.1) is 0 Å². The van der Waals surface area contributed by atoms with Crippen LogP contribution in [0.3, 0.4) is 0 Å². The molecule has 118 valence electrons. The lowest BCUT2D eigenvalue weighted by atomic mass is 10.2. The van der Waals surface area contributed by atoms with E-state index in [9.17, 15) is 9.59 Å². The van der Waals surface area contributed by atoms with Gasteiger partial charge >= 0.3 is 11.9 Å². The third-order valence-corrected chi connectivity index (χ3v) is 3.35. The molecule has 0 radical (unpaired) electrons. The molecule has 0 aliphatic heterocycles. The second-order valence-electron chi connectivity index (χ2n) is 4.53. The van der Waals surface area contributed by atoms with Crippen LogP contribution in [0.2, 0.25) is 0 Å². The van der Waals surface area contributed by atoms with Crippen LogP contribution in [0.1, 0.15) is 22.8 Å². The summed E-state index contributed by atoms with van der Waals surface area (Å²) in [7, 11) is 0. The molecule has 0 aliphatic carbocycles. The SMILES string of the molecule is CCOC(=O)c1cc(Br)ccc1OC(=O)/C=C/c1ccccc1. The molecule has 2 aromatic rings. The molecule has 0 amide bonds. The Kier molecular flexibility index (Phi) is 6.11. The van der Waals surface area contributed by atoms with Gasteiger partial charge in [-0.05, 0) is 36.8 Å². The molecule has 0 unspecified atom stereocenters. The number of carbonyl (C=O) groups is 2. The van der Waals surface area contributed by atoms with E-state index in [4.69, 9.17) is 9.47 Å². The summed E-state index contributed by atoms with van der Waals surface area (Å²) in [6.45, 7) is 1.96. The first-order chi connectivity index (χ1) is 11.1. The van der Waals surface area contributed by atoms with Gasteiger partial charge < -0.3 is 9.47 Å². The number of benzene rings is 2. The lowest BCUT2D eigenvalue weighted by Crippen LogP contribution is -2.11. The first kappa shape index (κ1) is 17.0. The minimum Gasteiger partial charge on any atom is -0.462 e. The van der Waals surface area contributed by atoms with Gasteiger partial charge in [0.25, 0.3) is 0 Å². The van der Waals surface area contributed by atoms with Crippen molar-refractivity contribution in [2.45, 2.75) is 6.92 Å². The highest BCUT2D eigenvalue weighted by Crippen LogP contribution is 2.24. The maximum Gasteiger partial charge on any atom is 0.341 e. The molecule has 23 heavy (non-hydrogen) atoms. The number of carbonyl (C=O) groups excluding carboxylic acids is 2. The molecule has 0 fully saturated rings. The van der Waals surface area contributed by atoms with Crippen LogP contribution in [0.4, 0.5) is 0 Å². The molecule has 5 heteroatoms. The van der Waals surface area contributed by atoms with E-state index in [1.165, 1.54) is 6.08 Å². The number of hydrogen-bond acceptors (Lipinski definition) is 4. The van der Waals surface area contributed by atoms with Crippen LogP contribution in [0.25, 0.3) is 6.08 Å². The minimum absolute atomic E-state index is 0.161. The second-order valence-corrected chi connectivity index (χ2v) is 5.44. The van der Waals surface area contributed by atoms with Crippen LogP contribution in [0.15, 0.2) is 59.1 Å². The van der Waals surface area contributed by atoms with Crippen LogP contribution in [-0.2, 0) is 9.53 Å². The molecule has 0 saturated carbocycles. The van der Waals surface area contributed by atoms with E-state index in [1.54, 1.807) is 31.2 Å². The Morgan fingerprint density at radius 3 is 2.57 bits per heavy atom. The number of halogens is 1. The lowest BCUT2D eigenvalue weighted by Gasteiger charge is -2.08. The second kappa shape index (κ2) is 8.29. The van der Waals surface area contributed by atoms with Gasteiger partial charge in [-0.3, -0.25) is 0 Å². The van der Waals surface area contributed by atoms with Gasteiger partial charge in [0, 0.05) is 10.5 Å². The monoisotopic (exact) mass is 374 g/mol. The Hall–Kier alpha value is -2.40. The highest BCUT2D eigenvalue weighted by Gasteiger charge is 2.16. The maximum absolute atomic E-state index is 11.9. The molecule has 4 nitrogen and oxygen atoms in total. The van der Waals surface area contributed by atoms with E-state index in [-0.39, 0.29) is 17.9 Å². The maximum atomic E-state index is 11.9. The molecule has 0 aromatic heterocycles. The number of ether oxygens (including phenoxy) is 2. The molecule has 0 heterocycles. The Morgan fingerprint density at radius 1 is 1.13 bits per heavy atom. The zero-order chi connectivity index (χ0) is 16.7. The van der Waals surface area contributed by atoms with Crippen molar-refractivity contribution in [1.82, 2.24) is 0 Å². The Morgan fingerprint density at radius 2 is 1.87 bits per heavy atom. The molecule has 2 aromatic carbocycles. The first-order valence-corrected chi connectivity index (χ1v) is 7.81. The summed E-state index contributed by atoms with van der Waals surface area (Å²) in [6, 6.07) is 14.2. The van der Waals surface area contributed by atoms with E-state index in [2.05, 4.69) is 15.9 Å². The first-order valence-electron chi connectivity index (χ1n) is 7.01. The molecule has 0 bridgehead atoms. The molecule has 0 atom stereocenters. The van der Waals surface area contributed by atoms with Gasteiger partial charge in [-0.25, -0.2) is 9.59 Å². The van der Waals surface area contributed by atoms with Gasteiger partial charge in [-0.2, -0.15) is 0 Å². The fourth-order valence-corrected chi connectivity index (χ4v) is 2.19. The summed E-state index contributed by atoms with van der Waals surface area (Å²) in [5, 5.41) is 0. The van der Waals surface area contributed by atoms with Crippen molar-refractivity contribution in [2.24, 2.45) is 0 Å². The van der Waals surface area contributed by atoms with Gasteiger partial charge in [0.1, 0.15) is 11.3 Å². The van der Waals surface area contributed by atoms with Crippen molar-refractivity contribution in [3.05, 3.63) is 70.2 Å². The average molecular weight is 375 g/mol. The molecule has 2 rings (SSSR count). The third kappa shape index (κ3) is 5.07. The smallest absolute Gasteiger partial charge is 0.341 e. The largest absolute Gasteiger partial charge is 0.462 e. The molecular formula is C18H15BrO4. The Balaban J connectivity index is 2.14. The van der Waals surface area contributed by atoms with E-state index in [0.717, 1.165) is 5.56 Å². The summed E-state index contributed by atoms with van der Waals surface area (Å²) in [4.78, 5) is 23.9. The summed E-state index contributed by atoms with van der Waals surface area (Å²) < 4.78 is 10.9. The van der Waals surface area contributed by atoms with Gasteiger partial charge in [0.15, 0.2) is 0 Å². The molecule has 0 saturated heterocycles. The van der Waals surface area contributed by atoms with Crippen LogP contribution in [-0.4, -0.2) is 18.5 Å². The summed E-state index contributed by atoms with van der Waals surface area (Å²) in [5.74, 6) is -0.945. The third-order valence-electron chi connectivity index (χ3n) is 2.86. The topological polar surface area (TPSA) is 52.6 Å². The van der Waals surface area contributed by atoms with Crippen molar-refractivity contribution in [2.75, 3.05) is 6.61 Å². The predicted molar refractivity (Wildman–Crippen MR) is 91.2 cm³/mol. The van der Waals surface area contributed by atoms with Crippen molar-refractivity contribution in [3.63, 3.8) is 0 Å². The Bertz CT molecular complexity index is 723. The summed E-state index contributed by atoms with van der Waals surface area (Å²) in [6.07, 6.45) is 2.96. The summed E-state index contributed by atoms with van der Waals surface area (Å²) >= 11 is 3.28. The van der Waals surface area contributed by atoms with Crippen molar-refractivity contribution < 1.29 is 19.1 Å². The highest BCUT2D eigenvalue weighted by atomic mass is 79.9. The van der Waals surface area contributed by atoms with E-state index in [0.29, 0.717) is 4.47 Å². The predicted octanol–water partition coefficient (Wildman–Crippen LogP) is 4.24. The quantitative estimate of drug-likeness (QED) is 0.446. The van der Waals surface area contributed by atoms with Gasteiger partial charge in [0.05, 0.1) is 6.61 Å². The molecule has 0 spiro atoms. The van der Waals surface area contributed by atoms with Gasteiger partial charge in [-0.1, -0.05) is 46.3 Å². The standard InChI is InChI=1S/C18H15BrO4/c1-2-22-18(21)15-12-14(19)9-10-16(15)23-17(20)11-8-13-6-4-3-5-7-13/h3-12H,2H2,1H3/b11-8+. The van der Waals surface area contributed by atoms with Crippen LogP contribution < -0.4 is 4.74 Å². The number of esters is 2. The van der Waals surface area contributed by atoms with Gasteiger partial charge in [-0.15, -0.1) is 0 Å². The van der Waals surface area contributed by atoms with Crippen molar-refractivity contribution in [3.8, 4) is 5.75 Å². The molecule has 0 aliphatic rings. The minimum atomic E-state index is -0.568. The van der Waals surface area contributed by atoms with E-state index in [1.807, 2.05) is 30.3 Å². The van der Waals surface area contributed by atoms with Crippen molar-refractivity contribution in [1.29, 1.82) is 0 Å². The fraction of sp³-hybridized carbons (Fsp3) is 0.111. The average Bonchev–Trinajstić information content (AvgIpc) is 2.56. The lowest BCUT2D eigenvalue weighted by molar-refractivity contribution is -0.128. The van der Waals surface area contributed by atoms with E-state index < -0.39 is 11.9 Å². The zero-order valence-electron chi connectivity index (χ0n) is 12.5. The molecule has 0 N–H and O–H groups in total. The molecular weight excluding hydrogens is 360 g/mol. The fourth-order valence-electron chi connectivity index (χ4n) is 1.83. The highest BCUT2D eigenvalue weighted by molar-refractivity contribution is 9.10. The van der Waals surface area contributed by atoms with Gasteiger partial charge in [0.2, 0.25) is 0 Å². The zero-order valence-corrected chi connectivity index (χ0v) is 14.1. The van der Waals surface area contributed by atoms with E-state index >= 15 is 0 Å². The summed E-state index contributed by atoms with van der Waals surface area (Å²) in [5.41, 5.74) is 1.08. The van der Waals surface area contributed by atoms with Crippen molar-refractivity contribution >= 4 is 33.9 Å².